The van der Waals surface area contributed by atoms with Gasteiger partial charge in [0.15, 0.2) is 0 Å². The number of benzene rings is 1. The lowest BCUT2D eigenvalue weighted by Crippen LogP contribution is -1.90. The molecule has 0 saturated carbocycles. The van der Waals surface area contributed by atoms with E-state index in [1.165, 1.54) is 6.33 Å². The Morgan fingerprint density at radius 3 is 2.65 bits per heavy atom. The normalized spacial score (nSPS) is 14.0. The van der Waals surface area contributed by atoms with Gasteiger partial charge >= 0.3 is 0 Å². The van der Waals surface area contributed by atoms with Gasteiger partial charge in [-0.3, -0.25) is 4.98 Å². The minimum Gasteiger partial charge on any atom is -0.252 e. The maximum absolute atomic E-state index is 7.99. The van der Waals surface area contributed by atoms with Crippen molar-refractivity contribution in [3.8, 4) is 11.3 Å². The number of halogens is 1. The maximum Gasteiger partial charge on any atom is 0.116 e. The number of hydrogen-bond donors (Lipinski definition) is 0. The van der Waals surface area contributed by atoms with Crippen LogP contribution in [-0.4, -0.2) is 15.0 Å². The summed E-state index contributed by atoms with van der Waals surface area (Å²) in [6.45, 7) is 0. The Morgan fingerprint density at radius 1 is 1.00 bits per heavy atom. The Morgan fingerprint density at radius 2 is 1.82 bits per heavy atom. The van der Waals surface area contributed by atoms with Crippen molar-refractivity contribution in [1.82, 2.24) is 15.0 Å². The first kappa shape index (κ1) is 6.81. The Labute approximate surface area is 116 Å². The molecule has 0 atom stereocenters. The Balaban J connectivity index is 0.00000176. The molecule has 84 valence electrons. The second kappa shape index (κ2) is 5.01. The van der Waals surface area contributed by atoms with Gasteiger partial charge in [-0.25, -0.2) is 9.97 Å². The third-order valence-electron chi connectivity index (χ3n) is 2.13. The van der Waals surface area contributed by atoms with Gasteiger partial charge in [0.1, 0.15) is 11.8 Å². The average Bonchev–Trinajstić information content (AvgIpc) is 2.51. The predicted octanol–water partition coefficient (Wildman–Crippen LogP) is 3.27. The highest BCUT2D eigenvalue weighted by Crippen LogP contribution is 2.22. The fourth-order valence-corrected chi connectivity index (χ4v) is 1.44. The number of rotatable bonds is 1. The van der Waals surface area contributed by atoms with E-state index in [0.717, 1.165) is 0 Å². The smallest absolute Gasteiger partial charge is 0.116 e. The van der Waals surface area contributed by atoms with Crippen LogP contribution in [0.15, 0.2) is 54.9 Å². The summed E-state index contributed by atoms with van der Waals surface area (Å²) in [4.78, 5) is 12.3. The van der Waals surface area contributed by atoms with Crippen molar-refractivity contribution in [1.29, 1.82) is 0 Å². The Hall–Kier alpha value is -1.81. The fraction of sp³-hybridized carbons (Fsp3) is 0. The molecular formula is C13H10BrN3. The van der Waals surface area contributed by atoms with E-state index >= 15 is 0 Å². The van der Waals surface area contributed by atoms with Crippen molar-refractivity contribution in [3.63, 3.8) is 0 Å². The molecule has 0 saturated heterocycles. The molecule has 2 heterocycles. The lowest BCUT2D eigenvalue weighted by atomic mass is 10.1. The summed E-state index contributed by atoms with van der Waals surface area (Å²) in [5.41, 5.74) is 1.22. The van der Waals surface area contributed by atoms with Crippen molar-refractivity contribution in [2.75, 3.05) is 0 Å². The van der Waals surface area contributed by atoms with Crippen molar-refractivity contribution < 1.29 is 6.85 Å². The zero-order chi connectivity index (χ0) is 15.1. The molecule has 0 bridgehead atoms. The molecule has 0 unspecified atom stereocenters. The standard InChI is InChI=1S/C13H9N3.BrH/c1-2-5-10(6-3-1)12-13-11(15-9-16-12)7-4-8-14-13;/h1-9H;1H/i1D,2D,3D,5D,6D;. The molecular weight excluding hydrogens is 278 g/mol. The van der Waals surface area contributed by atoms with Crippen LogP contribution in [0.3, 0.4) is 0 Å². The van der Waals surface area contributed by atoms with Crippen molar-refractivity contribution in [3.05, 3.63) is 54.9 Å². The van der Waals surface area contributed by atoms with Crippen LogP contribution in [0.1, 0.15) is 6.85 Å². The first-order valence-electron chi connectivity index (χ1n) is 7.15. The summed E-state index contributed by atoms with van der Waals surface area (Å²) >= 11 is 0. The van der Waals surface area contributed by atoms with E-state index in [0.29, 0.717) is 11.0 Å². The molecule has 17 heavy (non-hydrogen) atoms. The van der Waals surface area contributed by atoms with Gasteiger partial charge in [0, 0.05) is 11.8 Å². The number of pyridine rings is 1. The number of aromatic nitrogens is 3. The third-order valence-corrected chi connectivity index (χ3v) is 2.13. The van der Waals surface area contributed by atoms with Gasteiger partial charge in [-0.15, -0.1) is 17.0 Å². The van der Waals surface area contributed by atoms with Crippen LogP contribution in [0, 0.1) is 0 Å². The number of nitrogens with zero attached hydrogens (tertiary/aromatic N) is 3. The monoisotopic (exact) mass is 292 g/mol. The zero-order valence-electron chi connectivity index (χ0n) is 13.6. The molecule has 3 aromatic rings. The molecule has 0 radical (unpaired) electrons. The fourth-order valence-electron chi connectivity index (χ4n) is 1.44. The summed E-state index contributed by atoms with van der Waals surface area (Å²) < 4.78 is 39.0. The second-order valence-electron chi connectivity index (χ2n) is 3.09. The SMILES string of the molecule is Br.[2H]c1c([2H])c([2H])c(-c2ncnc3cccnc23)c([2H])c1[2H]. The van der Waals surface area contributed by atoms with Crippen molar-refractivity contribution in [2.45, 2.75) is 0 Å². The van der Waals surface area contributed by atoms with Gasteiger partial charge in [-0.05, 0) is 12.1 Å². The molecule has 3 rings (SSSR count). The predicted molar refractivity (Wildman–Crippen MR) is 73.1 cm³/mol. The van der Waals surface area contributed by atoms with E-state index in [1.54, 1.807) is 18.3 Å². The van der Waals surface area contributed by atoms with Gasteiger partial charge in [0.05, 0.1) is 18.1 Å². The van der Waals surface area contributed by atoms with Crippen molar-refractivity contribution >= 4 is 28.0 Å². The van der Waals surface area contributed by atoms with E-state index in [2.05, 4.69) is 15.0 Å². The lowest BCUT2D eigenvalue weighted by Gasteiger charge is -2.03. The summed E-state index contributed by atoms with van der Waals surface area (Å²) in [7, 11) is 0. The number of hydrogen-bond acceptors (Lipinski definition) is 3. The molecule has 0 aliphatic carbocycles. The highest BCUT2D eigenvalue weighted by molar-refractivity contribution is 8.93. The zero-order valence-corrected chi connectivity index (χ0v) is 10.3. The topological polar surface area (TPSA) is 38.7 Å². The quantitative estimate of drug-likeness (QED) is 0.691. The van der Waals surface area contributed by atoms with E-state index < -0.39 is 18.1 Å². The Bertz CT molecular complexity index is 837. The van der Waals surface area contributed by atoms with E-state index in [1.807, 2.05) is 0 Å². The summed E-state index contributed by atoms with van der Waals surface area (Å²) in [6.07, 6.45) is 2.84. The van der Waals surface area contributed by atoms with E-state index in [4.69, 9.17) is 6.85 Å². The highest BCUT2D eigenvalue weighted by Gasteiger charge is 2.05. The summed E-state index contributed by atoms with van der Waals surface area (Å²) in [5.74, 6) is 0. The van der Waals surface area contributed by atoms with Gasteiger partial charge in [-0.2, -0.15) is 0 Å². The molecule has 0 spiro atoms. The first-order valence-corrected chi connectivity index (χ1v) is 4.65. The largest absolute Gasteiger partial charge is 0.252 e. The molecule has 2 aromatic heterocycles. The van der Waals surface area contributed by atoms with Gasteiger partial charge in [-0.1, -0.05) is 30.2 Å². The van der Waals surface area contributed by atoms with Crippen LogP contribution in [0.25, 0.3) is 22.3 Å². The maximum atomic E-state index is 7.99. The van der Waals surface area contributed by atoms with Crippen LogP contribution >= 0.6 is 17.0 Å². The lowest BCUT2D eigenvalue weighted by molar-refractivity contribution is 1.20. The summed E-state index contributed by atoms with van der Waals surface area (Å²) in [6, 6.07) is 1.62. The summed E-state index contributed by atoms with van der Waals surface area (Å²) in [5, 5.41) is 0. The van der Waals surface area contributed by atoms with Crippen molar-refractivity contribution in [2.24, 2.45) is 0 Å². The number of fused-ring (bicyclic) bond motifs is 1. The second-order valence-corrected chi connectivity index (χ2v) is 3.09. The minimum atomic E-state index is -0.430. The Kier molecular flexibility index (Phi) is 2.01. The van der Waals surface area contributed by atoms with Crippen LogP contribution in [0.2, 0.25) is 0 Å². The molecule has 0 aliphatic rings. The minimum absolute atomic E-state index is 0. The van der Waals surface area contributed by atoms with Crippen LogP contribution in [-0.2, 0) is 0 Å². The van der Waals surface area contributed by atoms with Crippen LogP contribution in [0.4, 0.5) is 0 Å². The third kappa shape index (κ3) is 2.17. The molecule has 0 amide bonds. The van der Waals surface area contributed by atoms with Gasteiger partial charge < -0.3 is 0 Å². The van der Waals surface area contributed by atoms with Gasteiger partial charge in [0.2, 0.25) is 0 Å². The van der Waals surface area contributed by atoms with E-state index in [-0.39, 0.29) is 40.3 Å². The first-order chi connectivity index (χ1) is 10.0. The van der Waals surface area contributed by atoms with E-state index in [9.17, 15) is 0 Å². The van der Waals surface area contributed by atoms with Gasteiger partial charge in [0.25, 0.3) is 0 Å². The average molecular weight is 293 g/mol. The molecule has 3 nitrogen and oxygen atoms in total. The molecule has 0 aliphatic heterocycles. The molecule has 0 N–H and O–H groups in total. The molecule has 1 aromatic carbocycles. The highest BCUT2D eigenvalue weighted by atomic mass is 79.9. The molecule has 0 fully saturated rings. The van der Waals surface area contributed by atoms with Crippen LogP contribution < -0.4 is 0 Å². The molecule has 4 heteroatoms. The van der Waals surface area contributed by atoms with Crippen LogP contribution in [0.5, 0.6) is 0 Å².